The number of anilines is 1. The average Bonchev–Trinajstić information content (AvgIpc) is 2.89. The molecule has 1 amide bonds. The van der Waals surface area contributed by atoms with E-state index >= 15 is 0 Å². The summed E-state index contributed by atoms with van der Waals surface area (Å²) in [4.78, 5) is 20.3. The van der Waals surface area contributed by atoms with Crippen LogP contribution in [0.4, 0.5) is 16.3 Å². The highest BCUT2D eigenvalue weighted by atomic mass is 16.6. The number of nitrogens with one attached hydrogen (secondary N) is 2. The summed E-state index contributed by atoms with van der Waals surface area (Å²) in [5.74, 6) is 1.26. The summed E-state index contributed by atoms with van der Waals surface area (Å²) < 4.78 is 10.4. The lowest BCUT2D eigenvalue weighted by atomic mass is 10.1. The zero-order valence-electron chi connectivity index (χ0n) is 16.0. The Morgan fingerprint density at radius 1 is 1.38 bits per heavy atom. The fraction of sp³-hybridized carbons (Fsp3) is 0.444. The van der Waals surface area contributed by atoms with E-state index in [2.05, 4.69) is 25.8 Å². The van der Waals surface area contributed by atoms with Gasteiger partial charge in [-0.15, -0.1) is 0 Å². The number of carbonyl (C=O) groups is 1. The van der Waals surface area contributed by atoms with Crippen LogP contribution in [0.2, 0.25) is 0 Å². The number of hydrogen-bond donors (Lipinski definition) is 2. The van der Waals surface area contributed by atoms with Gasteiger partial charge in [-0.3, -0.25) is 0 Å². The third kappa shape index (κ3) is 5.05. The molecule has 0 aliphatic carbocycles. The molecule has 2 rings (SSSR count). The fourth-order valence-electron chi connectivity index (χ4n) is 2.35. The SMILES string of the molecule is CNc1cc(-c2c(C)noc2C)cnc1/N=C/CNC(=O)OC(C)(C)C. The van der Waals surface area contributed by atoms with Crippen molar-refractivity contribution >= 4 is 23.8 Å². The van der Waals surface area contributed by atoms with Crippen LogP contribution >= 0.6 is 0 Å². The molecule has 2 aromatic rings. The van der Waals surface area contributed by atoms with Gasteiger partial charge < -0.3 is 19.9 Å². The Hall–Kier alpha value is -2.90. The number of nitrogens with zero attached hydrogens (tertiary/aromatic N) is 3. The summed E-state index contributed by atoms with van der Waals surface area (Å²) >= 11 is 0. The first kappa shape index (κ1) is 19.4. The molecule has 0 atom stereocenters. The molecule has 0 bridgehead atoms. The van der Waals surface area contributed by atoms with E-state index in [-0.39, 0.29) is 6.54 Å². The fourth-order valence-corrected chi connectivity index (χ4v) is 2.35. The Morgan fingerprint density at radius 2 is 2.12 bits per heavy atom. The van der Waals surface area contributed by atoms with E-state index in [0.717, 1.165) is 28.3 Å². The van der Waals surface area contributed by atoms with Crippen molar-refractivity contribution in [2.45, 2.75) is 40.2 Å². The lowest BCUT2D eigenvalue weighted by Gasteiger charge is -2.19. The predicted molar refractivity (Wildman–Crippen MR) is 101 cm³/mol. The summed E-state index contributed by atoms with van der Waals surface area (Å²) in [6, 6.07) is 1.94. The maximum Gasteiger partial charge on any atom is 0.407 e. The van der Waals surface area contributed by atoms with E-state index in [0.29, 0.717) is 5.82 Å². The van der Waals surface area contributed by atoms with Gasteiger partial charge in [-0.25, -0.2) is 14.8 Å². The van der Waals surface area contributed by atoms with Gasteiger partial charge in [0.05, 0.1) is 17.9 Å². The summed E-state index contributed by atoms with van der Waals surface area (Å²) in [5.41, 5.74) is 2.86. The van der Waals surface area contributed by atoms with E-state index in [1.807, 2.05) is 40.7 Å². The molecule has 0 aliphatic rings. The van der Waals surface area contributed by atoms with Gasteiger partial charge in [-0.2, -0.15) is 0 Å². The van der Waals surface area contributed by atoms with Gasteiger partial charge in [0.15, 0.2) is 5.82 Å². The van der Waals surface area contributed by atoms with E-state index in [9.17, 15) is 4.79 Å². The molecule has 26 heavy (non-hydrogen) atoms. The molecule has 0 aliphatic heterocycles. The molecule has 0 fully saturated rings. The van der Waals surface area contributed by atoms with Crippen LogP contribution in [0.25, 0.3) is 11.1 Å². The van der Waals surface area contributed by atoms with Crippen LogP contribution in [0.1, 0.15) is 32.2 Å². The molecule has 8 heteroatoms. The maximum absolute atomic E-state index is 11.6. The number of pyridine rings is 1. The van der Waals surface area contributed by atoms with Crippen molar-refractivity contribution < 1.29 is 14.1 Å². The topological polar surface area (TPSA) is 102 Å². The molecule has 2 heterocycles. The number of ether oxygens (including phenoxy) is 1. The molecular formula is C18H25N5O3. The molecule has 2 N–H and O–H groups in total. The smallest absolute Gasteiger partial charge is 0.407 e. The normalized spacial score (nSPS) is 11.6. The minimum Gasteiger partial charge on any atom is -0.444 e. The van der Waals surface area contributed by atoms with Crippen molar-refractivity contribution in [1.82, 2.24) is 15.5 Å². The lowest BCUT2D eigenvalue weighted by Crippen LogP contribution is -2.33. The molecule has 0 radical (unpaired) electrons. The Kier molecular flexibility index (Phi) is 5.97. The highest BCUT2D eigenvalue weighted by Gasteiger charge is 2.15. The van der Waals surface area contributed by atoms with E-state index in [1.54, 1.807) is 19.5 Å². The van der Waals surface area contributed by atoms with Crippen LogP contribution in [0.15, 0.2) is 21.8 Å². The third-order valence-corrected chi connectivity index (χ3v) is 3.41. The average molecular weight is 359 g/mol. The van der Waals surface area contributed by atoms with Gasteiger partial charge >= 0.3 is 6.09 Å². The quantitative estimate of drug-likeness (QED) is 0.791. The van der Waals surface area contributed by atoms with Gasteiger partial charge in [0.1, 0.15) is 11.4 Å². The summed E-state index contributed by atoms with van der Waals surface area (Å²) in [6.07, 6.45) is 2.81. The standard InChI is InChI=1S/C18H25N5O3/c1-11-15(12(2)26-23-11)13-9-14(19-6)16(22-10-13)20-7-8-21-17(24)25-18(3,4)5/h7,9-10,19H,8H2,1-6H3,(H,21,24)/b20-7+. The Balaban J connectivity index is 2.07. The molecule has 0 saturated heterocycles. The third-order valence-electron chi connectivity index (χ3n) is 3.41. The molecule has 8 nitrogen and oxygen atoms in total. The number of carbonyl (C=O) groups excluding carboxylic acids is 1. The highest BCUT2D eigenvalue weighted by Crippen LogP contribution is 2.31. The highest BCUT2D eigenvalue weighted by molar-refractivity contribution is 5.78. The number of aryl methyl sites for hydroxylation is 2. The van der Waals surface area contributed by atoms with E-state index in [1.165, 1.54) is 0 Å². The maximum atomic E-state index is 11.6. The van der Waals surface area contributed by atoms with Gasteiger partial charge in [0, 0.05) is 30.6 Å². The zero-order valence-corrected chi connectivity index (χ0v) is 16.0. The lowest BCUT2D eigenvalue weighted by molar-refractivity contribution is 0.0536. The van der Waals surface area contributed by atoms with E-state index < -0.39 is 11.7 Å². The minimum absolute atomic E-state index is 0.241. The second kappa shape index (κ2) is 7.99. The van der Waals surface area contributed by atoms with Crippen molar-refractivity contribution in [1.29, 1.82) is 0 Å². The first-order valence-electron chi connectivity index (χ1n) is 8.31. The number of amides is 1. The molecule has 2 aromatic heterocycles. The van der Waals surface area contributed by atoms with Gasteiger partial charge in [-0.1, -0.05) is 5.16 Å². The molecule has 0 saturated carbocycles. The van der Waals surface area contributed by atoms with Crippen molar-refractivity contribution in [3.8, 4) is 11.1 Å². The number of hydrogen-bond acceptors (Lipinski definition) is 7. The largest absolute Gasteiger partial charge is 0.444 e. The molecule has 0 aromatic carbocycles. The minimum atomic E-state index is -0.532. The van der Waals surface area contributed by atoms with Gasteiger partial charge in [0.25, 0.3) is 0 Å². The van der Waals surface area contributed by atoms with Crippen molar-refractivity contribution in [2.75, 3.05) is 18.9 Å². The van der Waals surface area contributed by atoms with Crippen LogP contribution in [0.3, 0.4) is 0 Å². The zero-order chi connectivity index (χ0) is 19.3. The number of rotatable bonds is 5. The van der Waals surface area contributed by atoms with Crippen LogP contribution in [-0.2, 0) is 4.74 Å². The van der Waals surface area contributed by atoms with Crippen LogP contribution in [-0.4, -0.2) is 41.6 Å². The van der Waals surface area contributed by atoms with Crippen molar-refractivity contribution in [3.05, 3.63) is 23.7 Å². The van der Waals surface area contributed by atoms with Crippen molar-refractivity contribution in [2.24, 2.45) is 4.99 Å². The van der Waals surface area contributed by atoms with Crippen LogP contribution in [0.5, 0.6) is 0 Å². The van der Waals surface area contributed by atoms with Gasteiger partial charge in [0.2, 0.25) is 0 Å². The summed E-state index contributed by atoms with van der Waals surface area (Å²) in [7, 11) is 1.80. The second-order valence-corrected chi connectivity index (χ2v) is 6.74. The van der Waals surface area contributed by atoms with Gasteiger partial charge in [-0.05, 0) is 40.7 Å². The molecule has 0 unspecified atom stereocenters. The predicted octanol–water partition coefficient (Wildman–Crippen LogP) is 3.62. The molecule has 0 spiro atoms. The molecule has 140 valence electrons. The van der Waals surface area contributed by atoms with E-state index in [4.69, 9.17) is 9.26 Å². The Bertz CT molecular complexity index is 786. The summed E-state index contributed by atoms with van der Waals surface area (Å²) in [6.45, 7) is 9.42. The Morgan fingerprint density at radius 3 is 2.69 bits per heavy atom. The van der Waals surface area contributed by atoms with Crippen LogP contribution < -0.4 is 10.6 Å². The first-order chi connectivity index (χ1) is 12.2. The first-order valence-corrected chi connectivity index (χ1v) is 8.31. The number of aliphatic imine (C=N–C) groups is 1. The Labute approximate surface area is 153 Å². The summed E-state index contributed by atoms with van der Waals surface area (Å²) in [5, 5.41) is 9.66. The van der Waals surface area contributed by atoms with Crippen LogP contribution in [0, 0.1) is 13.8 Å². The number of aromatic nitrogens is 2. The number of alkyl carbamates (subject to hydrolysis) is 1. The monoisotopic (exact) mass is 359 g/mol. The molecular weight excluding hydrogens is 334 g/mol. The second-order valence-electron chi connectivity index (χ2n) is 6.74. The van der Waals surface area contributed by atoms with Crippen molar-refractivity contribution in [3.63, 3.8) is 0 Å².